The fourth-order valence-corrected chi connectivity index (χ4v) is 2.45. The van der Waals surface area contributed by atoms with E-state index in [1.54, 1.807) is 23.9 Å². The Hall–Kier alpha value is -1.49. The summed E-state index contributed by atoms with van der Waals surface area (Å²) in [5.41, 5.74) is 0.225. The summed E-state index contributed by atoms with van der Waals surface area (Å²) < 4.78 is 4.75. The number of carboxylic acid groups (broad SMARTS) is 1. The van der Waals surface area contributed by atoms with Crippen LogP contribution in [-0.2, 0) is 20.7 Å². The maximum Gasteiger partial charge on any atom is 0.312 e. The average molecular weight is 282 g/mol. The van der Waals surface area contributed by atoms with Gasteiger partial charge in [0.1, 0.15) is 0 Å². The number of esters is 1. The number of aliphatic carboxylic acids is 1. The minimum Gasteiger partial charge on any atom is -0.481 e. The Morgan fingerprint density at radius 1 is 1.26 bits per heavy atom. The highest BCUT2D eigenvalue weighted by atomic mass is 32.2. The molecular weight excluding hydrogens is 264 g/mol. The fourth-order valence-electron chi connectivity index (χ4n) is 1.48. The molecule has 0 radical (unpaired) electrons. The highest BCUT2D eigenvalue weighted by Gasteiger charge is 2.28. The van der Waals surface area contributed by atoms with Crippen molar-refractivity contribution < 1.29 is 19.4 Å². The van der Waals surface area contributed by atoms with Gasteiger partial charge in [-0.25, -0.2) is 0 Å². The van der Waals surface area contributed by atoms with E-state index in [9.17, 15) is 9.59 Å². The summed E-state index contributed by atoms with van der Waals surface area (Å²) in [6.45, 7) is 3.68. The van der Waals surface area contributed by atoms with Crippen molar-refractivity contribution in [1.29, 1.82) is 0 Å². The number of carbonyl (C=O) groups is 2. The van der Waals surface area contributed by atoms with Crippen molar-refractivity contribution in [3.05, 3.63) is 29.8 Å². The molecule has 1 N–H and O–H groups in total. The predicted molar refractivity (Wildman–Crippen MR) is 74.3 cm³/mol. The van der Waals surface area contributed by atoms with Gasteiger partial charge in [0.15, 0.2) is 0 Å². The van der Waals surface area contributed by atoms with E-state index in [-0.39, 0.29) is 12.4 Å². The maximum absolute atomic E-state index is 11.5. The van der Waals surface area contributed by atoms with Crippen LogP contribution >= 0.6 is 11.8 Å². The zero-order valence-electron chi connectivity index (χ0n) is 11.3. The molecule has 0 aliphatic carbocycles. The largest absolute Gasteiger partial charge is 0.481 e. The number of carboxylic acids is 1. The van der Waals surface area contributed by atoms with E-state index < -0.39 is 11.4 Å². The summed E-state index contributed by atoms with van der Waals surface area (Å²) >= 11 is 1.55. The molecule has 0 aliphatic heterocycles. The smallest absolute Gasteiger partial charge is 0.312 e. The molecule has 0 saturated carbocycles. The Balaban J connectivity index is 2.59. The van der Waals surface area contributed by atoms with Crippen LogP contribution < -0.4 is 0 Å². The summed E-state index contributed by atoms with van der Waals surface area (Å²) in [5.74, 6) is -0.465. The number of benzene rings is 1. The highest BCUT2D eigenvalue weighted by molar-refractivity contribution is 7.99. The molecule has 1 aromatic rings. The van der Waals surface area contributed by atoms with Crippen molar-refractivity contribution in [2.45, 2.75) is 25.2 Å². The van der Waals surface area contributed by atoms with E-state index in [1.807, 2.05) is 26.0 Å². The van der Waals surface area contributed by atoms with Crippen LogP contribution in [0, 0.1) is 5.41 Å². The molecule has 0 atom stereocenters. The molecule has 5 heteroatoms. The molecule has 1 rings (SSSR count). The second kappa shape index (κ2) is 6.61. The second-order valence-corrected chi connectivity index (χ2v) is 5.93. The van der Waals surface area contributed by atoms with Gasteiger partial charge in [-0.15, -0.1) is 11.8 Å². The average Bonchev–Trinajstić information content (AvgIpc) is 2.36. The third-order valence-electron chi connectivity index (χ3n) is 2.62. The minimum atomic E-state index is -0.841. The van der Waals surface area contributed by atoms with Gasteiger partial charge in [0.2, 0.25) is 0 Å². The van der Waals surface area contributed by atoms with Crippen LogP contribution in [0.5, 0.6) is 0 Å². The molecule has 104 valence electrons. The van der Waals surface area contributed by atoms with Crippen LogP contribution in [0.1, 0.15) is 19.4 Å². The molecule has 0 unspecified atom stereocenters. The quantitative estimate of drug-likeness (QED) is 0.642. The summed E-state index contributed by atoms with van der Waals surface area (Å²) in [4.78, 5) is 23.1. The third-order valence-corrected chi connectivity index (χ3v) is 4.09. The summed E-state index contributed by atoms with van der Waals surface area (Å²) in [7, 11) is 1.38. The van der Waals surface area contributed by atoms with E-state index in [2.05, 4.69) is 0 Å². The van der Waals surface area contributed by atoms with Gasteiger partial charge in [-0.05, 0) is 31.5 Å². The lowest BCUT2D eigenvalue weighted by Gasteiger charge is -2.20. The summed E-state index contributed by atoms with van der Waals surface area (Å²) in [5, 5.41) is 8.68. The first-order valence-corrected chi connectivity index (χ1v) is 6.85. The number of carbonyl (C=O) groups excluding carboxylic acids is 1. The lowest BCUT2D eigenvalue weighted by atomic mass is 9.97. The Morgan fingerprint density at radius 3 is 2.32 bits per heavy atom. The van der Waals surface area contributed by atoms with Gasteiger partial charge in [0.25, 0.3) is 0 Å². The van der Waals surface area contributed by atoms with E-state index >= 15 is 0 Å². The van der Waals surface area contributed by atoms with Crippen LogP contribution in [0.3, 0.4) is 0 Å². The molecular formula is C14H18O4S. The standard InChI is InChI=1S/C14H18O4S/c1-14(2,13(17)18-3)9-19-11-6-4-10(5-7-11)8-12(15)16/h4-7H,8-9H2,1-3H3,(H,15,16). The summed E-state index contributed by atoms with van der Waals surface area (Å²) in [6.07, 6.45) is 0.0264. The van der Waals surface area contributed by atoms with Gasteiger partial charge < -0.3 is 9.84 Å². The molecule has 0 aromatic heterocycles. The molecule has 0 amide bonds. The molecule has 0 bridgehead atoms. The van der Waals surface area contributed by atoms with Gasteiger partial charge in [0.05, 0.1) is 18.9 Å². The molecule has 1 aromatic carbocycles. The van der Waals surface area contributed by atoms with Crippen molar-refractivity contribution in [1.82, 2.24) is 0 Å². The van der Waals surface area contributed by atoms with E-state index in [0.29, 0.717) is 5.75 Å². The number of hydrogen-bond acceptors (Lipinski definition) is 4. The van der Waals surface area contributed by atoms with Crippen molar-refractivity contribution in [2.75, 3.05) is 12.9 Å². The van der Waals surface area contributed by atoms with Crippen LogP contribution in [0.4, 0.5) is 0 Å². The third kappa shape index (κ3) is 4.95. The zero-order valence-corrected chi connectivity index (χ0v) is 12.1. The fraction of sp³-hybridized carbons (Fsp3) is 0.429. The molecule has 19 heavy (non-hydrogen) atoms. The molecule has 0 spiro atoms. The number of methoxy groups -OCH3 is 1. The van der Waals surface area contributed by atoms with E-state index in [0.717, 1.165) is 10.5 Å². The van der Waals surface area contributed by atoms with Crippen LogP contribution in [0.15, 0.2) is 29.2 Å². The maximum atomic E-state index is 11.5. The van der Waals surface area contributed by atoms with Gasteiger partial charge >= 0.3 is 11.9 Å². The van der Waals surface area contributed by atoms with Crippen molar-refractivity contribution >= 4 is 23.7 Å². The minimum absolute atomic E-state index is 0.0264. The first kappa shape index (κ1) is 15.6. The Labute approximate surface area is 117 Å². The first-order valence-electron chi connectivity index (χ1n) is 5.87. The van der Waals surface area contributed by atoms with Crippen LogP contribution in [-0.4, -0.2) is 29.9 Å². The van der Waals surface area contributed by atoms with Gasteiger partial charge in [-0.3, -0.25) is 9.59 Å². The number of hydrogen-bond donors (Lipinski definition) is 1. The van der Waals surface area contributed by atoms with Gasteiger partial charge in [-0.1, -0.05) is 12.1 Å². The Morgan fingerprint density at radius 2 is 1.84 bits per heavy atom. The second-order valence-electron chi connectivity index (χ2n) is 4.88. The highest BCUT2D eigenvalue weighted by Crippen LogP contribution is 2.28. The van der Waals surface area contributed by atoms with E-state index in [4.69, 9.17) is 9.84 Å². The number of thioether (sulfide) groups is 1. The first-order chi connectivity index (χ1) is 8.85. The molecule has 4 nitrogen and oxygen atoms in total. The van der Waals surface area contributed by atoms with Gasteiger partial charge in [0, 0.05) is 10.6 Å². The predicted octanol–water partition coefficient (Wildman–Crippen LogP) is 2.61. The number of rotatable bonds is 6. The molecule has 0 heterocycles. The van der Waals surface area contributed by atoms with Crippen molar-refractivity contribution in [3.8, 4) is 0 Å². The zero-order chi connectivity index (χ0) is 14.5. The Kier molecular flexibility index (Phi) is 5.42. The SMILES string of the molecule is COC(=O)C(C)(C)CSc1ccc(CC(=O)O)cc1. The monoisotopic (exact) mass is 282 g/mol. The normalized spacial score (nSPS) is 11.1. The molecule has 0 saturated heterocycles. The molecule has 0 fully saturated rings. The van der Waals surface area contributed by atoms with Crippen LogP contribution in [0.2, 0.25) is 0 Å². The van der Waals surface area contributed by atoms with E-state index in [1.165, 1.54) is 7.11 Å². The molecule has 0 aliphatic rings. The number of ether oxygens (including phenoxy) is 1. The van der Waals surface area contributed by atoms with Crippen LogP contribution in [0.25, 0.3) is 0 Å². The van der Waals surface area contributed by atoms with Gasteiger partial charge in [-0.2, -0.15) is 0 Å². The van der Waals surface area contributed by atoms with Crippen molar-refractivity contribution in [3.63, 3.8) is 0 Å². The topological polar surface area (TPSA) is 63.6 Å². The van der Waals surface area contributed by atoms with Crippen molar-refractivity contribution in [2.24, 2.45) is 5.41 Å². The lowest BCUT2D eigenvalue weighted by molar-refractivity contribution is -0.149. The lowest BCUT2D eigenvalue weighted by Crippen LogP contribution is -2.28. The Bertz CT molecular complexity index is 451. The summed E-state index contributed by atoms with van der Waals surface area (Å²) in [6, 6.07) is 7.33.